The maximum Gasteiger partial charge on any atom is 0.408 e. The highest BCUT2D eigenvalue weighted by molar-refractivity contribution is 7.98. The molecule has 39 heavy (non-hydrogen) atoms. The number of rotatable bonds is 11. The van der Waals surface area contributed by atoms with Crippen LogP contribution in [-0.2, 0) is 14.3 Å². The first kappa shape index (κ1) is 32.2. The van der Waals surface area contributed by atoms with E-state index >= 15 is 0 Å². The summed E-state index contributed by atoms with van der Waals surface area (Å²) < 4.78 is 5.46. The van der Waals surface area contributed by atoms with E-state index in [1.165, 1.54) is 0 Å². The fourth-order valence-electron chi connectivity index (χ4n) is 4.46. The second-order valence-corrected chi connectivity index (χ2v) is 12.0. The minimum absolute atomic E-state index is 0.288. The zero-order chi connectivity index (χ0) is 29.3. The number of alkyl carbamates (subject to hydrolysis) is 1. The number of thioether (sulfide) groups is 1. The third kappa shape index (κ3) is 9.31. The quantitative estimate of drug-likeness (QED) is 0.331. The van der Waals surface area contributed by atoms with Gasteiger partial charge in [-0.15, -0.1) is 0 Å². The lowest BCUT2D eigenvalue weighted by Gasteiger charge is -2.35. The molecule has 214 valence electrons. The Hall–Kier alpha value is -3.00. The van der Waals surface area contributed by atoms with E-state index in [1.54, 1.807) is 37.4 Å². The summed E-state index contributed by atoms with van der Waals surface area (Å²) in [4.78, 5) is 42.7. The van der Waals surface area contributed by atoms with Crippen LogP contribution in [0.2, 0.25) is 0 Å². The Kier molecular flexibility index (Phi) is 11.9. The van der Waals surface area contributed by atoms with Gasteiger partial charge in [0, 0.05) is 12.2 Å². The summed E-state index contributed by atoms with van der Waals surface area (Å²) in [5.74, 6) is 0.0673. The van der Waals surface area contributed by atoms with Gasteiger partial charge >= 0.3 is 6.09 Å². The Balaban J connectivity index is 2.58. The molecule has 8 heteroatoms. The van der Waals surface area contributed by atoms with Crippen molar-refractivity contribution in [1.29, 1.82) is 0 Å². The molecular formula is C31H45N3O4S. The molecule has 2 atom stereocenters. The number of benzene rings is 2. The van der Waals surface area contributed by atoms with E-state index < -0.39 is 23.8 Å². The minimum Gasteiger partial charge on any atom is -0.444 e. The molecule has 0 aromatic heterocycles. The van der Waals surface area contributed by atoms with E-state index in [9.17, 15) is 14.4 Å². The predicted octanol–water partition coefficient (Wildman–Crippen LogP) is 6.49. The highest BCUT2D eigenvalue weighted by atomic mass is 32.2. The molecule has 2 N–H and O–H groups in total. The van der Waals surface area contributed by atoms with Crippen molar-refractivity contribution in [3.05, 3.63) is 64.2 Å². The number of hydrogen-bond acceptors (Lipinski definition) is 5. The average Bonchev–Trinajstić information content (AvgIpc) is 2.84. The Bertz CT molecular complexity index is 1140. The van der Waals surface area contributed by atoms with Gasteiger partial charge in [0.25, 0.3) is 5.91 Å². The Morgan fingerprint density at radius 3 is 2.21 bits per heavy atom. The molecule has 0 fully saturated rings. The number of nitrogens with one attached hydrogen (secondary N) is 2. The van der Waals surface area contributed by atoms with Gasteiger partial charge in [0.2, 0.25) is 5.91 Å². The molecule has 2 aromatic rings. The number of carbonyl (C=O) groups excluding carboxylic acids is 3. The van der Waals surface area contributed by atoms with E-state index in [0.717, 1.165) is 33.5 Å². The van der Waals surface area contributed by atoms with E-state index in [2.05, 4.69) is 10.6 Å². The SMILES string of the molecule is CCCN(C(=O)C(CCSC)NC(=O)OC(C)(C)C)C(C(=O)Nc1c(C)cccc1C)c1cc(C)ccc1C. The molecule has 2 aromatic carbocycles. The lowest BCUT2D eigenvalue weighted by Crippen LogP contribution is -2.53. The molecule has 0 aliphatic heterocycles. The molecule has 2 unspecified atom stereocenters. The van der Waals surface area contributed by atoms with Crippen molar-refractivity contribution in [2.24, 2.45) is 0 Å². The molecular weight excluding hydrogens is 510 g/mol. The topological polar surface area (TPSA) is 87.7 Å². The van der Waals surface area contributed by atoms with E-state index in [4.69, 9.17) is 4.74 Å². The number of para-hydroxylation sites is 1. The zero-order valence-electron chi connectivity index (χ0n) is 24.9. The standard InChI is InChI=1S/C31H45N3O4S/c1-10-17-34(29(36)25(16-18-39-9)32-30(37)38-31(6,7)8)27(24-19-20(2)14-15-21(24)3)28(35)33-26-22(4)12-11-13-23(26)5/h11-15,19,25,27H,10,16-18H2,1-9H3,(H,32,37)(H,33,35). The highest BCUT2D eigenvalue weighted by Gasteiger charge is 2.36. The molecule has 0 radical (unpaired) electrons. The number of anilines is 1. The summed E-state index contributed by atoms with van der Waals surface area (Å²) in [6.45, 7) is 15.5. The van der Waals surface area contributed by atoms with Crippen molar-refractivity contribution >= 4 is 35.4 Å². The number of aryl methyl sites for hydroxylation is 4. The van der Waals surface area contributed by atoms with Crippen molar-refractivity contribution in [2.75, 3.05) is 23.9 Å². The third-order valence-electron chi connectivity index (χ3n) is 6.37. The Morgan fingerprint density at radius 1 is 1.00 bits per heavy atom. The number of amides is 3. The number of carbonyl (C=O) groups is 3. The van der Waals surface area contributed by atoms with Crippen molar-refractivity contribution in [3.8, 4) is 0 Å². The average molecular weight is 556 g/mol. The number of ether oxygens (including phenoxy) is 1. The Morgan fingerprint density at radius 2 is 1.64 bits per heavy atom. The van der Waals surface area contributed by atoms with Gasteiger partial charge in [0.15, 0.2) is 0 Å². The largest absolute Gasteiger partial charge is 0.444 e. The summed E-state index contributed by atoms with van der Waals surface area (Å²) in [6.07, 6.45) is 2.36. The van der Waals surface area contributed by atoms with Gasteiger partial charge in [0.1, 0.15) is 17.7 Å². The van der Waals surface area contributed by atoms with Gasteiger partial charge < -0.3 is 20.3 Å². The molecule has 0 aliphatic carbocycles. The van der Waals surface area contributed by atoms with Crippen LogP contribution in [0.25, 0.3) is 0 Å². The molecule has 3 amide bonds. The second-order valence-electron chi connectivity index (χ2n) is 11.0. The van der Waals surface area contributed by atoms with Crippen LogP contribution >= 0.6 is 11.8 Å². The van der Waals surface area contributed by atoms with Crippen LogP contribution in [0.5, 0.6) is 0 Å². The first-order chi connectivity index (χ1) is 18.3. The van der Waals surface area contributed by atoms with Gasteiger partial charge in [0.05, 0.1) is 0 Å². The van der Waals surface area contributed by atoms with Crippen LogP contribution in [0.3, 0.4) is 0 Å². The maximum absolute atomic E-state index is 14.2. The summed E-state index contributed by atoms with van der Waals surface area (Å²) in [5, 5.41) is 5.91. The van der Waals surface area contributed by atoms with Crippen molar-refractivity contribution in [3.63, 3.8) is 0 Å². The van der Waals surface area contributed by atoms with Crippen LogP contribution in [0.1, 0.15) is 74.4 Å². The highest BCUT2D eigenvalue weighted by Crippen LogP contribution is 2.30. The van der Waals surface area contributed by atoms with Gasteiger partial charge in [-0.1, -0.05) is 48.9 Å². The maximum atomic E-state index is 14.2. The van der Waals surface area contributed by atoms with Gasteiger partial charge in [-0.25, -0.2) is 4.79 Å². The zero-order valence-corrected chi connectivity index (χ0v) is 25.8. The first-order valence-corrected chi connectivity index (χ1v) is 14.9. The minimum atomic E-state index is -0.881. The van der Waals surface area contributed by atoms with Gasteiger partial charge in [-0.2, -0.15) is 11.8 Å². The lowest BCUT2D eigenvalue weighted by molar-refractivity contribution is -0.140. The normalized spacial score (nSPS) is 12.8. The van der Waals surface area contributed by atoms with Crippen LogP contribution in [0, 0.1) is 27.7 Å². The predicted molar refractivity (Wildman–Crippen MR) is 161 cm³/mol. The first-order valence-electron chi connectivity index (χ1n) is 13.5. The third-order valence-corrected chi connectivity index (χ3v) is 7.01. The fourth-order valence-corrected chi connectivity index (χ4v) is 4.93. The molecule has 0 bridgehead atoms. The summed E-state index contributed by atoms with van der Waals surface area (Å²) in [5.41, 5.74) is 4.61. The van der Waals surface area contributed by atoms with Crippen molar-refractivity contribution in [1.82, 2.24) is 10.2 Å². The van der Waals surface area contributed by atoms with Crippen molar-refractivity contribution < 1.29 is 19.1 Å². The fraction of sp³-hybridized carbons (Fsp3) is 0.516. The summed E-state index contributed by atoms with van der Waals surface area (Å²) in [7, 11) is 0. The van der Waals surface area contributed by atoms with E-state index in [0.29, 0.717) is 25.1 Å². The van der Waals surface area contributed by atoms with Crippen molar-refractivity contribution in [2.45, 2.75) is 85.9 Å². The van der Waals surface area contributed by atoms with Crippen LogP contribution in [0.4, 0.5) is 10.5 Å². The summed E-state index contributed by atoms with van der Waals surface area (Å²) >= 11 is 1.59. The van der Waals surface area contributed by atoms with E-state index in [-0.39, 0.29) is 11.8 Å². The van der Waals surface area contributed by atoms with Gasteiger partial charge in [-0.3, -0.25) is 9.59 Å². The molecule has 0 spiro atoms. The number of nitrogens with zero attached hydrogens (tertiary/aromatic N) is 1. The molecule has 0 heterocycles. The van der Waals surface area contributed by atoms with E-state index in [1.807, 2.05) is 77.3 Å². The lowest BCUT2D eigenvalue weighted by atomic mass is 9.95. The second kappa shape index (κ2) is 14.4. The summed E-state index contributed by atoms with van der Waals surface area (Å²) in [6, 6.07) is 10.1. The molecule has 0 saturated carbocycles. The molecule has 2 rings (SSSR count). The van der Waals surface area contributed by atoms with Gasteiger partial charge in [-0.05, 0) is 95.6 Å². The Labute approximate surface area is 238 Å². The molecule has 7 nitrogen and oxygen atoms in total. The molecule has 0 aliphatic rings. The van der Waals surface area contributed by atoms with Crippen LogP contribution < -0.4 is 10.6 Å². The van der Waals surface area contributed by atoms with Crippen LogP contribution in [-0.4, -0.2) is 53.0 Å². The van der Waals surface area contributed by atoms with Crippen LogP contribution in [0.15, 0.2) is 36.4 Å². The monoisotopic (exact) mass is 555 g/mol. The molecule has 0 saturated heterocycles. The smallest absolute Gasteiger partial charge is 0.408 e. The number of hydrogen-bond donors (Lipinski definition) is 2.